The fraction of sp³-hybridized carbons (Fsp3) is 0.300. The maximum atomic E-state index is 11.4. The van der Waals surface area contributed by atoms with Gasteiger partial charge in [0.25, 0.3) is 5.56 Å². The highest BCUT2D eigenvalue weighted by Crippen LogP contribution is 2.03. The van der Waals surface area contributed by atoms with E-state index in [1.165, 1.54) is 6.33 Å². The molecular formula is C10H12N4O. The molecule has 0 fully saturated rings. The van der Waals surface area contributed by atoms with Gasteiger partial charge in [0, 0.05) is 38.5 Å². The van der Waals surface area contributed by atoms with Crippen LogP contribution in [0.4, 0.5) is 0 Å². The lowest BCUT2D eigenvalue weighted by Crippen LogP contribution is -2.15. The van der Waals surface area contributed by atoms with Gasteiger partial charge in [-0.25, -0.2) is 0 Å². The summed E-state index contributed by atoms with van der Waals surface area (Å²) in [6.45, 7) is 0. The van der Waals surface area contributed by atoms with E-state index in [4.69, 9.17) is 0 Å². The van der Waals surface area contributed by atoms with Crippen molar-refractivity contribution in [3.05, 3.63) is 46.4 Å². The molecule has 0 unspecified atom stereocenters. The molecule has 5 heteroatoms. The summed E-state index contributed by atoms with van der Waals surface area (Å²) in [4.78, 5) is 15.2. The number of hydrogen-bond acceptors (Lipinski definition) is 3. The number of aromatic nitrogens is 4. The highest BCUT2D eigenvalue weighted by molar-refractivity contribution is 5.17. The molecule has 0 spiro atoms. The smallest absolute Gasteiger partial charge is 0.276 e. The highest BCUT2D eigenvalue weighted by Gasteiger charge is 2.03. The van der Waals surface area contributed by atoms with Crippen molar-refractivity contribution >= 4 is 0 Å². The minimum Gasteiger partial charge on any atom is -0.342 e. The van der Waals surface area contributed by atoms with Gasteiger partial charge in [-0.05, 0) is 5.56 Å². The van der Waals surface area contributed by atoms with Gasteiger partial charge in [-0.15, -0.1) is 0 Å². The Hall–Kier alpha value is -1.91. The van der Waals surface area contributed by atoms with Crippen molar-refractivity contribution < 1.29 is 0 Å². The topological polar surface area (TPSA) is 52.7 Å². The minimum atomic E-state index is -0.169. The Bertz CT molecular complexity index is 526. The molecule has 0 aliphatic heterocycles. The van der Waals surface area contributed by atoms with Crippen LogP contribution in [-0.2, 0) is 20.5 Å². The van der Waals surface area contributed by atoms with E-state index in [1.807, 2.05) is 20.3 Å². The third-order valence-electron chi connectivity index (χ3n) is 2.14. The zero-order valence-corrected chi connectivity index (χ0v) is 8.71. The van der Waals surface area contributed by atoms with E-state index < -0.39 is 0 Å². The summed E-state index contributed by atoms with van der Waals surface area (Å²) in [5, 5.41) is 4.05. The van der Waals surface area contributed by atoms with E-state index in [0.717, 1.165) is 5.56 Å². The first-order valence-corrected chi connectivity index (χ1v) is 4.64. The molecule has 0 N–H and O–H groups in total. The van der Waals surface area contributed by atoms with Crippen molar-refractivity contribution in [2.45, 2.75) is 6.42 Å². The largest absolute Gasteiger partial charge is 0.342 e. The molecule has 78 valence electrons. The molecule has 2 aromatic rings. The van der Waals surface area contributed by atoms with E-state index in [2.05, 4.69) is 10.1 Å². The van der Waals surface area contributed by atoms with Crippen LogP contribution in [0.1, 0.15) is 11.1 Å². The number of hydrogen-bond donors (Lipinski definition) is 0. The summed E-state index contributed by atoms with van der Waals surface area (Å²) >= 11 is 0. The van der Waals surface area contributed by atoms with Crippen molar-refractivity contribution in [2.24, 2.45) is 14.1 Å². The van der Waals surface area contributed by atoms with Crippen molar-refractivity contribution in [3.8, 4) is 0 Å². The first kappa shape index (κ1) is 9.64. The molecule has 15 heavy (non-hydrogen) atoms. The van der Waals surface area contributed by atoms with Crippen LogP contribution in [0, 0.1) is 0 Å². The predicted molar refractivity (Wildman–Crippen MR) is 55.5 cm³/mol. The van der Waals surface area contributed by atoms with Crippen molar-refractivity contribution in [3.63, 3.8) is 0 Å². The monoisotopic (exact) mass is 204 g/mol. The lowest BCUT2D eigenvalue weighted by atomic mass is 10.1. The predicted octanol–water partition coefficient (Wildman–Crippen LogP) is 0.105. The molecule has 5 nitrogen and oxygen atoms in total. The molecule has 2 heterocycles. The maximum absolute atomic E-state index is 11.4. The Morgan fingerprint density at radius 1 is 1.33 bits per heavy atom. The fourth-order valence-corrected chi connectivity index (χ4v) is 1.47. The van der Waals surface area contributed by atoms with Crippen LogP contribution in [-0.4, -0.2) is 19.3 Å². The van der Waals surface area contributed by atoms with Crippen molar-refractivity contribution in [2.75, 3.05) is 0 Å². The second kappa shape index (κ2) is 3.68. The van der Waals surface area contributed by atoms with E-state index in [9.17, 15) is 4.79 Å². The van der Waals surface area contributed by atoms with E-state index in [0.29, 0.717) is 12.0 Å². The SMILES string of the molecule is Cn1cnc(=O)c(Cc2cnn(C)c2)c1. The van der Waals surface area contributed by atoms with Gasteiger partial charge in [-0.1, -0.05) is 0 Å². The third-order valence-corrected chi connectivity index (χ3v) is 2.14. The lowest BCUT2D eigenvalue weighted by molar-refractivity contribution is 0.767. The number of aryl methyl sites for hydroxylation is 2. The molecule has 0 amide bonds. The summed E-state index contributed by atoms with van der Waals surface area (Å²) in [7, 11) is 3.70. The van der Waals surface area contributed by atoms with Gasteiger partial charge in [0.05, 0.1) is 12.5 Å². The van der Waals surface area contributed by atoms with Crippen LogP contribution in [0.2, 0.25) is 0 Å². The fourth-order valence-electron chi connectivity index (χ4n) is 1.47. The number of rotatable bonds is 2. The highest BCUT2D eigenvalue weighted by atomic mass is 16.1. The summed E-state index contributed by atoms with van der Waals surface area (Å²) in [5.74, 6) is 0. The second-order valence-electron chi connectivity index (χ2n) is 3.57. The van der Waals surface area contributed by atoms with E-state index in [1.54, 1.807) is 21.6 Å². The van der Waals surface area contributed by atoms with Gasteiger partial charge in [-0.2, -0.15) is 10.1 Å². The van der Waals surface area contributed by atoms with Gasteiger partial charge >= 0.3 is 0 Å². The third kappa shape index (κ3) is 2.12. The molecule has 0 radical (unpaired) electrons. The average molecular weight is 204 g/mol. The van der Waals surface area contributed by atoms with E-state index in [-0.39, 0.29) is 5.56 Å². The second-order valence-corrected chi connectivity index (χ2v) is 3.57. The van der Waals surface area contributed by atoms with Crippen LogP contribution in [0.5, 0.6) is 0 Å². The Kier molecular flexibility index (Phi) is 2.37. The zero-order valence-electron chi connectivity index (χ0n) is 8.71. The molecule has 0 aromatic carbocycles. The minimum absolute atomic E-state index is 0.169. The summed E-state index contributed by atoms with van der Waals surface area (Å²) in [6.07, 6.45) is 7.53. The van der Waals surface area contributed by atoms with E-state index >= 15 is 0 Å². The molecular weight excluding hydrogens is 192 g/mol. The summed E-state index contributed by atoms with van der Waals surface area (Å²) in [5.41, 5.74) is 1.53. The molecule has 2 aromatic heterocycles. The van der Waals surface area contributed by atoms with Crippen LogP contribution in [0.25, 0.3) is 0 Å². The summed E-state index contributed by atoms with van der Waals surface area (Å²) in [6, 6.07) is 0. The van der Waals surface area contributed by atoms with Gasteiger partial charge in [-0.3, -0.25) is 9.48 Å². The quantitative estimate of drug-likeness (QED) is 0.697. The van der Waals surface area contributed by atoms with Crippen molar-refractivity contribution in [1.82, 2.24) is 19.3 Å². The Labute approximate surface area is 87.0 Å². The van der Waals surface area contributed by atoms with Crippen LogP contribution in [0.15, 0.2) is 29.7 Å². The Morgan fingerprint density at radius 3 is 2.80 bits per heavy atom. The first-order valence-electron chi connectivity index (χ1n) is 4.64. The Morgan fingerprint density at radius 2 is 2.13 bits per heavy atom. The van der Waals surface area contributed by atoms with Gasteiger partial charge in [0.2, 0.25) is 0 Å². The van der Waals surface area contributed by atoms with Crippen LogP contribution < -0.4 is 5.56 Å². The van der Waals surface area contributed by atoms with Gasteiger partial charge < -0.3 is 4.57 Å². The molecule has 0 aliphatic rings. The maximum Gasteiger partial charge on any atom is 0.276 e. The molecule has 0 saturated carbocycles. The molecule has 0 aliphatic carbocycles. The van der Waals surface area contributed by atoms with Gasteiger partial charge in [0.15, 0.2) is 0 Å². The molecule has 0 atom stereocenters. The molecule has 0 saturated heterocycles. The summed E-state index contributed by atoms with van der Waals surface area (Å²) < 4.78 is 3.49. The standard InChI is InChI=1S/C10H12N4O/c1-13-6-9(10(15)11-7-13)3-8-4-12-14(2)5-8/h4-7H,3H2,1-2H3. The zero-order chi connectivity index (χ0) is 10.8. The molecule has 2 rings (SSSR count). The van der Waals surface area contributed by atoms with Crippen LogP contribution >= 0.6 is 0 Å². The number of nitrogens with zero attached hydrogens (tertiary/aromatic N) is 4. The van der Waals surface area contributed by atoms with Gasteiger partial charge in [0.1, 0.15) is 0 Å². The Balaban J connectivity index is 2.31. The molecule has 0 bridgehead atoms. The first-order chi connectivity index (χ1) is 7.15. The lowest BCUT2D eigenvalue weighted by Gasteiger charge is -2.00. The normalized spacial score (nSPS) is 10.5. The average Bonchev–Trinajstić information content (AvgIpc) is 2.58. The van der Waals surface area contributed by atoms with Crippen LogP contribution in [0.3, 0.4) is 0 Å². The van der Waals surface area contributed by atoms with Crippen molar-refractivity contribution in [1.29, 1.82) is 0 Å².